The van der Waals surface area contributed by atoms with Gasteiger partial charge < -0.3 is 4.98 Å². The number of pyridine rings is 2. The second kappa shape index (κ2) is 16.9. The Labute approximate surface area is 349 Å². The molecule has 1 atom stereocenters. The molecule has 0 aliphatic carbocycles. The van der Waals surface area contributed by atoms with Crippen LogP contribution >= 0.6 is 11.3 Å². The quantitative estimate of drug-likeness (QED) is 0.123. The predicted octanol–water partition coefficient (Wildman–Crippen LogP) is 13.4. The van der Waals surface area contributed by atoms with Crippen LogP contribution in [0.4, 0.5) is 0 Å². The summed E-state index contributed by atoms with van der Waals surface area (Å²) < 4.78 is 13.2. The summed E-state index contributed by atoms with van der Waals surface area (Å²) in [5.74, 6) is 6.24. The molecule has 1 unspecified atom stereocenters. The van der Waals surface area contributed by atoms with Crippen LogP contribution in [0, 0.1) is 19.1 Å². The molecule has 3 heterocycles. The minimum absolute atomic E-state index is 0. The number of thiophene rings is 1. The molecule has 55 heavy (non-hydrogen) atoms. The van der Waals surface area contributed by atoms with Crippen LogP contribution in [0.1, 0.15) is 57.2 Å². The molecule has 5 heteroatoms. The van der Waals surface area contributed by atoms with Crippen LogP contribution in [0.25, 0.3) is 53.8 Å². The number of aryl methyl sites for hydroxylation is 1. The van der Waals surface area contributed by atoms with Crippen LogP contribution in [0.2, 0.25) is 17.3 Å². The van der Waals surface area contributed by atoms with E-state index in [1.807, 2.05) is 55.7 Å². The van der Waals surface area contributed by atoms with Crippen LogP contribution in [-0.2, 0) is 25.5 Å². The van der Waals surface area contributed by atoms with Crippen LogP contribution in [0.3, 0.4) is 0 Å². The third-order valence-corrected chi connectivity index (χ3v) is 15.5. The molecule has 0 fully saturated rings. The summed E-state index contributed by atoms with van der Waals surface area (Å²) >= 11 is 0.0747. The van der Waals surface area contributed by atoms with Gasteiger partial charge in [-0.05, 0) is 68.1 Å². The van der Waals surface area contributed by atoms with Gasteiger partial charge in [-0.25, -0.2) is 0 Å². The molecule has 0 saturated carbocycles. The van der Waals surface area contributed by atoms with Crippen molar-refractivity contribution in [3.63, 3.8) is 0 Å². The summed E-state index contributed by atoms with van der Waals surface area (Å²) in [6.45, 7) is 10.7. The Kier molecular flexibility index (Phi) is 12.0. The predicted molar refractivity (Wildman–Crippen MR) is 236 cm³/mol. The van der Waals surface area contributed by atoms with Crippen molar-refractivity contribution >= 4 is 49.2 Å². The molecular weight excluding hydrogens is 925 g/mol. The Bertz CT molecular complexity index is 2570. The number of rotatable bonds is 6. The summed E-state index contributed by atoms with van der Waals surface area (Å²) in [5, 5.41) is 2.47. The van der Waals surface area contributed by atoms with Crippen molar-refractivity contribution in [1.29, 1.82) is 0 Å². The summed E-state index contributed by atoms with van der Waals surface area (Å²) in [7, 11) is 0. The second-order valence-corrected chi connectivity index (χ2v) is 27.8. The van der Waals surface area contributed by atoms with E-state index >= 15 is 0 Å². The molecule has 279 valence electrons. The summed E-state index contributed by atoms with van der Waals surface area (Å²) in [5.41, 5.74) is 10.9. The molecule has 1 radical (unpaired) electrons. The van der Waals surface area contributed by atoms with Gasteiger partial charge in [-0.1, -0.05) is 105 Å². The van der Waals surface area contributed by atoms with Gasteiger partial charge in [-0.15, -0.1) is 23.8 Å². The Balaban J connectivity index is 0.000000263. The maximum Gasteiger partial charge on any atom is 0 e. The molecule has 2 nitrogen and oxygen atoms in total. The number of aromatic nitrogens is 2. The van der Waals surface area contributed by atoms with Crippen LogP contribution in [0.15, 0.2) is 140 Å². The zero-order chi connectivity index (χ0) is 39.0. The monoisotopic (exact) mass is 976 g/mol. The van der Waals surface area contributed by atoms with Gasteiger partial charge >= 0.3 is 99.8 Å². The van der Waals surface area contributed by atoms with Crippen molar-refractivity contribution in [2.45, 2.75) is 63.2 Å². The Morgan fingerprint density at radius 3 is 2.11 bits per heavy atom. The molecule has 0 N–H and O–H groups in total. The molecular formula is C50H48GeIrN2S-2. The first kappa shape index (κ1) is 39.1. The third kappa shape index (κ3) is 9.27. The number of fused-ring (bicyclic) bond motifs is 3. The van der Waals surface area contributed by atoms with Crippen molar-refractivity contribution < 1.29 is 21.5 Å². The molecule has 0 aliphatic heterocycles. The maximum atomic E-state index is 9.33. The molecule has 0 bridgehead atoms. The fourth-order valence-electron chi connectivity index (χ4n) is 6.59. The SMILES string of the molecule is [2H]C(C)(c1ccc(C(C)(C)C)cc1)c1ccnc(-c2[c-]ccc3c2sc2cc(-c4ccc(C)cc4)ccc23)c1.[CH3][Ge]([CH3])([CH3])[c]1ccc(-c2[c-]cccc2)nc1.[Ir]. The van der Waals surface area contributed by atoms with Gasteiger partial charge in [0.1, 0.15) is 0 Å². The number of hydrogen-bond donors (Lipinski definition) is 0. The maximum absolute atomic E-state index is 9.33. The average Bonchev–Trinajstić information content (AvgIpc) is 3.56. The first-order valence-electron chi connectivity index (χ1n) is 19.1. The minimum Gasteiger partial charge on any atom is 0 e. The van der Waals surface area contributed by atoms with Gasteiger partial charge in [-0.3, -0.25) is 0 Å². The molecule has 8 rings (SSSR count). The summed E-state index contributed by atoms with van der Waals surface area (Å²) in [6, 6.07) is 51.1. The van der Waals surface area contributed by atoms with Gasteiger partial charge in [0.25, 0.3) is 0 Å². The van der Waals surface area contributed by atoms with Crippen molar-refractivity contribution in [3.05, 3.63) is 174 Å². The van der Waals surface area contributed by atoms with E-state index in [9.17, 15) is 1.37 Å². The number of benzene rings is 5. The molecule has 0 amide bonds. The first-order valence-corrected chi connectivity index (χ1v) is 26.8. The van der Waals surface area contributed by atoms with E-state index in [-0.39, 0.29) is 25.5 Å². The van der Waals surface area contributed by atoms with Crippen LogP contribution in [0.5, 0.6) is 0 Å². The fourth-order valence-corrected chi connectivity index (χ4v) is 10.0. The zero-order valence-electron chi connectivity index (χ0n) is 33.9. The zero-order valence-corrected chi connectivity index (χ0v) is 38.2. The standard InChI is InChI=1S/C36H32NS.C14H16GeN.Ir/c1-23-9-11-26(12-10-23)28-15-18-30-31-7-6-8-32(35(31)38-34(30)22-28)33-21-27(19-20-37-33)24(2)25-13-16-29(17-14-25)36(3,4)5;1-15(2,3)13-9-10-14(16-11-13)12-7-5-4-6-8-12;/h6-7,9-22,24H,1-5H3;4-7,9-11H,1-3H3;/q2*-1;/i24D;;. The molecule has 3 aromatic heterocycles. The molecule has 8 aromatic rings. The van der Waals surface area contributed by atoms with Crippen molar-refractivity contribution in [2.75, 3.05) is 0 Å². The fraction of sp³-hybridized carbons (Fsp3) is 0.200. The van der Waals surface area contributed by atoms with E-state index in [1.165, 1.54) is 46.8 Å². The summed E-state index contributed by atoms with van der Waals surface area (Å²) in [6.07, 6.45) is 3.87. The number of hydrogen-bond acceptors (Lipinski definition) is 3. The van der Waals surface area contributed by atoms with Gasteiger partial charge in [0.05, 0.1) is 0 Å². The number of nitrogens with zero attached hydrogens (tertiary/aromatic N) is 2. The van der Waals surface area contributed by atoms with E-state index in [0.717, 1.165) is 33.6 Å². The largest absolute Gasteiger partial charge is 0 e. The van der Waals surface area contributed by atoms with E-state index in [4.69, 9.17) is 4.98 Å². The van der Waals surface area contributed by atoms with Gasteiger partial charge in [0.2, 0.25) is 0 Å². The smallest absolute Gasteiger partial charge is 0 e. The van der Waals surface area contributed by atoms with E-state index in [0.29, 0.717) is 0 Å². The Hall–Kier alpha value is -4.19. The van der Waals surface area contributed by atoms with Gasteiger partial charge in [0, 0.05) is 38.3 Å². The van der Waals surface area contributed by atoms with Crippen molar-refractivity contribution in [1.82, 2.24) is 9.97 Å². The van der Waals surface area contributed by atoms with Gasteiger partial charge in [0.15, 0.2) is 0 Å². The van der Waals surface area contributed by atoms with E-state index in [1.54, 1.807) is 11.3 Å². The first-order chi connectivity index (χ1) is 26.2. The van der Waals surface area contributed by atoms with Crippen LogP contribution in [-0.4, -0.2) is 23.2 Å². The van der Waals surface area contributed by atoms with E-state index < -0.39 is 19.2 Å². The topological polar surface area (TPSA) is 25.8 Å². The molecule has 0 spiro atoms. The Morgan fingerprint density at radius 1 is 0.709 bits per heavy atom. The van der Waals surface area contributed by atoms with E-state index in [2.05, 4.69) is 153 Å². The molecule has 5 aromatic carbocycles. The van der Waals surface area contributed by atoms with Crippen molar-refractivity contribution in [3.8, 4) is 33.6 Å². The normalized spacial score (nSPS) is 13.0. The molecule has 0 saturated heterocycles. The van der Waals surface area contributed by atoms with Gasteiger partial charge in [-0.2, -0.15) is 11.3 Å². The van der Waals surface area contributed by atoms with Crippen molar-refractivity contribution in [2.24, 2.45) is 0 Å². The third-order valence-electron chi connectivity index (χ3n) is 10.1. The Morgan fingerprint density at radius 2 is 1.45 bits per heavy atom. The summed E-state index contributed by atoms with van der Waals surface area (Å²) in [4.78, 5) is 9.28. The van der Waals surface area contributed by atoms with Crippen LogP contribution < -0.4 is 4.40 Å². The second-order valence-electron chi connectivity index (χ2n) is 16.1. The average molecular weight is 975 g/mol. The molecule has 0 aliphatic rings. The minimum atomic E-state index is -1.72.